The second-order valence-electron chi connectivity index (χ2n) is 5.36. The Morgan fingerprint density at radius 2 is 1.94 bits per heavy atom. The Balaban J connectivity index is 2.58. The van der Waals surface area contributed by atoms with Crippen LogP contribution in [-0.2, 0) is 5.41 Å². The number of aliphatic hydroxyl groups excluding tert-OH is 1. The van der Waals surface area contributed by atoms with Gasteiger partial charge in [-0.2, -0.15) is 0 Å². The van der Waals surface area contributed by atoms with Crippen molar-refractivity contribution in [2.75, 3.05) is 18.5 Å². The molecule has 0 aliphatic heterocycles. The van der Waals surface area contributed by atoms with Crippen molar-refractivity contribution in [2.24, 2.45) is 0 Å². The zero-order valence-corrected chi connectivity index (χ0v) is 12.1. The number of hydrogen-bond donors (Lipinski definition) is 2. The van der Waals surface area contributed by atoms with Gasteiger partial charge >= 0.3 is 0 Å². The Kier molecular flexibility index (Phi) is 5.82. The lowest BCUT2D eigenvalue weighted by molar-refractivity contribution is 0.283. The molecule has 0 aliphatic carbocycles. The standard InChI is InChI=1S/C13H22ClN3O/c1-13(2,3)12-16-10(14)9-11(17-12)15-7-5-4-6-8-18/h9,18H,4-8H2,1-3H3,(H,15,16,17). The van der Waals surface area contributed by atoms with Crippen LogP contribution in [0.5, 0.6) is 0 Å². The van der Waals surface area contributed by atoms with Crippen LogP contribution >= 0.6 is 11.6 Å². The summed E-state index contributed by atoms with van der Waals surface area (Å²) in [6, 6.07) is 1.74. The van der Waals surface area contributed by atoms with Crippen molar-refractivity contribution < 1.29 is 5.11 Å². The number of halogens is 1. The lowest BCUT2D eigenvalue weighted by Gasteiger charge is -2.17. The second-order valence-corrected chi connectivity index (χ2v) is 5.75. The Morgan fingerprint density at radius 3 is 2.56 bits per heavy atom. The average molecular weight is 272 g/mol. The van der Waals surface area contributed by atoms with Crippen LogP contribution in [0.3, 0.4) is 0 Å². The van der Waals surface area contributed by atoms with Crippen molar-refractivity contribution in [3.05, 3.63) is 17.0 Å². The van der Waals surface area contributed by atoms with E-state index in [2.05, 4.69) is 36.1 Å². The van der Waals surface area contributed by atoms with Crippen molar-refractivity contribution in [3.8, 4) is 0 Å². The fourth-order valence-corrected chi connectivity index (χ4v) is 1.66. The first kappa shape index (κ1) is 15.2. The van der Waals surface area contributed by atoms with Crippen molar-refractivity contribution in [1.29, 1.82) is 0 Å². The van der Waals surface area contributed by atoms with E-state index in [0.29, 0.717) is 5.15 Å². The highest BCUT2D eigenvalue weighted by molar-refractivity contribution is 6.29. The molecule has 2 N–H and O–H groups in total. The minimum Gasteiger partial charge on any atom is -0.396 e. The number of nitrogens with zero attached hydrogens (tertiary/aromatic N) is 2. The topological polar surface area (TPSA) is 58.0 Å². The monoisotopic (exact) mass is 271 g/mol. The van der Waals surface area contributed by atoms with Crippen LogP contribution in [0.4, 0.5) is 5.82 Å². The summed E-state index contributed by atoms with van der Waals surface area (Å²) in [7, 11) is 0. The third kappa shape index (κ3) is 5.19. The van der Waals surface area contributed by atoms with E-state index in [1.54, 1.807) is 6.07 Å². The van der Waals surface area contributed by atoms with Gasteiger partial charge in [-0.15, -0.1) is 0 Å². The largest absolute Gasteiger partial charge is 0.396 e. The van der Waals surface area contributed by atoms with E-state index in [4.69, 9.17) is 16.7 Å². The van der Waals surface area contributed by atoms with Crippen LogP contribution in [0.25, 0.3) is 0 Å². The summed E-state index contributed by atoms with van der Waals surface area (Å²) in [6.07, 6.45) is 2.86. The Morgan fingerprint density at radius 1 is 1.22 bits per heavy atom. The molecule has 0 aliphatic rings. The smallest absolute Gasteiger partial charge is 0.137 e. The Labute approximate surface area is 114 Å². The third-order valence-electron chi connectivity index (χ3n) is 2.51. The van der Waals surface area contributed by atoms with Gasteiger partial charge in [-0.3, -0.25) is 0 Å². The Hall–Kier alpha value is -0.870. The fraction of sp³-hybridized carbons (Fsp3) is 0.692. The minimum atomic E-state index is -0.113. The lowest BCUT2D eigenvalue weighted by Crippen LogP contribution is -2.17. The summed E-state index contributed by atoms with van der Waals surface area (Å²) in [5.41, 5.74) is -0.113. The molecule has 1 rings (SSSR count). The second kappa shape index (κ2) is 6.90. The quantitative estimate of drug-likeness (QED) is 0.617. The zero-order chi connectivity index (χ0) is 13.6. The summed E-state index contributed by atoms with van der Waals surface area (Å²) >= 11 is 5.99. The molecule has 18 heavy (non-hydrogen) atoms. The maximum absolute atomic E-state index is 8.69. The number of nitrogens with one attached hydrogen (secondary N) is 1. The van der Waals surface area contributed by atoms with E-state index in [1.165, 1.54) is 0 Å². The third-order valence-corrected chi connectivity index (χ3v) is 2.70. The van der Waals surface area contributed by atoms with E-state index < -0.39 is 0 Å². The maximum Gasteiger partial charge on any atom is 0.137 e. The minimum absolute atomic E-state index is 0.113. The normalized spacial score (nSPS) is 11.6. The van der Waals surface area contributed by atoms with Gasteiger partial charge < -0.3 is 10.4 Å². The number of rotatable bonds is 6. The zero-order valence-electron chi connectivity index (χ0n) is 11.3. The number of aromatic nitrogens is 2. The van der Waals surface area contributed by atoms with Gasteiger partial charge in [0.25, 0.3) is 0 Å². The number of aliphatic hydroxyl groups is 1. The van der Waals surface area contributed by atoms with Crippen LogP contribution in [0.2, 0.25) is 5.15 Å². The SMILES string of the molecule is CC(C)(C)c1nc(Cl)cc(NCCCCCO)n1. The molecule has 0 radical (unpaired) electrons. The predicted molar refractivity (Wildman–Crippen MR) is 75.2 cm³/mol. The highest BCUT2D eigenvalue weighted by Gasteiger charge is 2.18. The molecule has 1 heterocycles. The first-order valence-electron chi connectivity index (χ1n) is 6.33. The molecule has 0 amide bonds. The van der Waals surface area contributed by atoms with Gasteiger partial charge in [-0.05, 0) is 19.3 Å². The van der Waals surface area contributed by atoms with Gasteiger partial charge in [-0.25, -0.2) is 9.97 Å². The van der Waals surface area contributed by atoms with Crippen molar-refractivity contribution in [1.82, 2.24) is 9.97 Å². The van der Waals surface area contributed by atoms with E-state index in [1.807, 2.05) is 0 Å². The van der Waals surface area contributed by atoms with E-state index >= 15 is 0 Å². The molecule has 0 saturated carbocycles. The number of hydrogen-bond acceptors (Lipinski definition) is 4. The molecule has 4 nitrogen and oxygen atoms in total. The van der Waals surface area contributed by atoms with Gasteiger partial charge in [0.2, 0.25) is 0 Å². The van der Waals surface area contributed by atoms with Crippen LogP contribution in [0.1, 0.15) is 45.9 Å². The van der Waals surface area contributed by atoms with Gasteiger partial charge in [0.1, 0.15) is 16.8 Å². The lowest BCUT2D eigenvalue weighted by atomic mass is 9.96. The number of anilines is 1. The molecule has 1 aromatic heterocycles. The molecule has 0 saturated heterocycles. The fourth-order valence-electron chi connectivity index (χ4n) is 1.47. The molecule has 0 spiro atoms. The predicted octanol–water partition coefficient (Wildman–Crippen LogP) is 3.00. The van der Waals surface area contributed by atoms with Gasteiger partial charge in [0, 0.05) is 24.6 Å². The van der Waals surface area contributed by atoms with E-state index in [0.717, 1.165) is 37.4 Å². The molecule has 5 heteroatoms. The van der Waals surface area contributed by atoms with Crippen LogP contribution < -0.4 is 5.32 Å². The van der Waals surface area contributed by atoms with Crippen LogP contribution in [-0.4, -0.2) is 28.2 Å². The van der Waals surface area contributed by atoms with E-state index in [9.17, 15) is 0 Å². The molecule has 0 atom stereocenters. The molecule has 0 aromatic carbocycles. The van der Waals surface area contributed by atoms with Crippen molar-refractivity contribution in [2.45, 2.75) is 45.4 Å². The average Bonchev–Trinajstić information content (AvgIpc) is 2.27. The molecule has 0 unspecified atom stereocenters. The van der Waals surface area contributed by atoms with Crippen molar-refractivity contribution in [3.63, 3.8) is 0 Å². The molecular formula is C13H22ClN3O. The first-order valence-corrected chi connectivity index (χ1v) is 6.71. The highest BCUT2D eigenvalue weighted by atomic mass is 35.5. The van der Waals surface area contributed by atoms with Crippen molar-refractivity contribution >= 4 is 17.4 Å². The summed E-state index contributed by atoms with van der Waals surface area (Å²) in [5.74, 6) is 1.51. The summed E-state index contributed by atoms with van der Waals surface area (Å²) < 4.78 is 0. The van der Waals surface area contributed by atoms with Crippen LogP contribution in [0.15, 0.2) is 6.07 Å². The molecule has 0 fully saturated rings. The van der Waals surface area contributed by atoms with Crippen LogP contribution in [0, 0.1) is 0 Å². The highest BCUT2D eigenvalue weighted by Crippen LogP contribution is 2.22. The molecule has 1 aromatic rings. The first-order chi connectivity index (χ1) is 8.43. The van der Waals surface area contributed by atoms with Gasteiger partial charge in [-0.1, -0.05) is 32.4 Å². The number of unbranched alkanes of at least 4 members (excludes halogenated alkanes) is 2. The molecular weight excluding hydrogens is 250 g/mol. The van der Waals surface area contributed by atoms with E-state index in [-0.39, 0.29) is 12.0 Å². The van der Waals surface area contributed by atoms with Gasteiger partial charge in [0.05, 0.1) is 0 Å². The summed E-state index contributed by atoms with van der Waals surface area (Å²) in [6.45, 7) is 7.27. The van der Waals surface area contributed by atoms with Gasteiger partial charge in [0.15, 0.2) is 0 Å². The summed E-state index contributed by atoms with van der Waals surface area (Å²) in [4.78, 5) is 8.71. The molecule has 102 valence electrons. The molecule has 0 bridgehead atoms. The maximum atomic E-state index is 8.69. The Bertz CT molecular complexity index is 377. The summed E-state index contributed by atoms with van der Waals surface area (Å²) in [5, 5.41) is 12.4.